The summed E-state index contributed by atoms with van der Waals surface area (Å²) in [5, 5.41) is 2.96. The Morgan fingerprint density at radius 2 is 1.77 bits per heavy atom. The highest BCUT2D eigenvalue weighted by atomic mass is 16.5. The smallest absolute Gasteiger partial charge is 0.238 e. The van der Waals surface area contributed by atoms with E-state index in [-0.39, 0.29) is 5.91 Å². The lowest BCUT2D eigenvalue weighted by molar-refractivity contribution is -0.117. The molecule has 0 saturated carbocycles. The third kappa shape index (κ3) is 5.33. The zero-order valence-electron chi connectivity index (χ0n) is 15.5. The summed E-state index contributed by atoms with van der Waals surface area (Å²) in [5.41, 5.74) is 2.16. The van der Waals surface area contributed by atoms with Crippen molar-refractivity contribution in [2.45, 2.75) is 25.7 Å². The van der Waals surface area contributed by atoms with Crippen molar-refractivity contribution in [2.24, 2.45) is 5.92 Å². The number of carbonyl (C=O) groups excluding carboxylic acids is 1. The van der Waals surface area contributed by atoms with Gasteiger partial charge in [0.1, 0.15) is 5.75 Å². The number of para-hydroxylation sites is 2. The number of rotatable bonds is 7. The molecule has 4 heteroatoms. The molecule has 0 spiro atoms. The number of aryl methyl sites for hydroxylation is 1. The predicted molar refractivity (Wildman–Crippen MR) is 106 cm³/mol. The number of hydrogen-bond donors (Lipinski definition) is 1. The van der Waals surface area contributed by atoms with Gasteiger partial charge in [0.25, 0.3) is 0 Å². The summed E-state index contributed by atoms with van der Waals surface area (Å²) < 4.78 is 5.29. The van der Waals surface area contributed by atoms with Crippen LogP contribution in [0.5, 0.6) is 5.75 Å². The Hall–Kier alpha value is -2.33. The molecule has 2 aromatic rings. The number of carbonyl (C=O) groups is 1. The maximum absolute atomic E-state index is 12.3. The molecule has 0 aromatic heterocycles. The van der Waals surface area contributed by atoms with Crippen LogP contribution in [-0.2, 0) is 11.2 Å². The quantitative estimate of drug-likeness (QED) is 0.819. The van der Waals surface area contributed by atoms with E-state index in [1.165, 1.54) is 24.8 Å². The van der Waals surface area contributed by atoms with E-state index in [0.29, 0.717) is 12.3 Å². The molecule has 138 valence electrons. The van der Waals surface area contributed by atoms with Crippen LogP contribution in [-0.4, -0.2) is 37.6 Å². The van der Waals surface area contributed by atoms with Gasteiger partial charge in [-0.05, 0) is 62.4 Å². The van der Waals surface area contributed by atoms with Gasteiger partial charge >= 0.3 is 0 Å². The number of benzene rings is 2. The van der Waals surface area contributed by atoms with Crippen molar-refractivity contribution in [1.82, 2.24) is 4.90 Å². The second-order valence-electron chi connectivity index (χ2n) is 6.99. The first-order chi connectivity index (χ1) is 12.7. The SMILES string of the molecule is COc1ccccc1NC(=O)CN1CCC(CCc2ccccc2)CC1. The average molecular weight is 352 g/mol. The molecule has 0 radical (unpaired) electrons. The van der Waals surface area contributed by atoms with E-state index >= 15 is 0 Å². The van der Waals surface area contributed by atoms with E-state index in [1.54, 1.807) is 7.11 Å². The monoisotopic (exact) mass is 352 g/mol. The van der Waals surface area contributed by atoms with Crippen molar-refractivity contribution >= 4 is 11.6 Å². The fraction of sp³-hybridized carbons (Fsp3) is 0.409. The van der Waals surface area contributed by atoms with Crippen LogP contribution in [0.3, 0.4) is 0 Å². The topological polar surface area (TPSA) is 41.6 Å². The number of nitrogens with zero attached hydrogens (tertiary/aromatic N) is 1. The average Bonchev–Trinajstić information content (AvgIpc) is 2.68. The second-order valence-corrected chi connectivity index (χ2v) is 6.99. The molecule has 1 fully saturated rings. The Labute approximate surface area is 156 Å². The molecule has 4 nitrogen and oxygen atoms in total. The fourth-order valence-electron chi connectivity index (χ4n) is 3.59. The van der Waals surface area contributed by atoms with Gasteiger partial charge < -0.3 is 10.1 Å². The highest BCUT2D eigenvalue weighted by Gasteiger charge is 2.21. The predicted octanol–water partition coefficient (Wildman–Crippen LogP) is 3.98. The molecule has 1 saturated heterocycles. The number of methoxy groups -OCH3 is 1. The molecule has 26 heavy (non-hydrogen) atoms. The van der Waals surface area contributed by atoms with Crippen LogP contribution in [0.15, 0.2) is 54.6 Å². The first-order valence-corrected chi connectivity index (χ1v) is 9.44. The third-order valence-electron chi connectivity index (χ3n) is 5.14. The minimum absolute atomic E-state index is 0.0252. The van der Waals surface area contributed by atoms with Crippen molar-refractivity contribution in [2.75, 3.05) is 32.1 Å². The summed E-state index contributed by atoms with van der Waals surface area (Å²) in [6, 6.07) is 18.2. The molecule has 2 aromatic carbocycles. The Kier molecular flexibility index (Phi) is 6.67. The lowest BCUT2D eigenvalue weighted by atomic mass is 9.90. The summed E-state index contributed by atoms with van der Waals surface area (Å²) in [5.74, 6) is 1.49. The minimum atomic E-state index is 0.0252. The van der Waals surface area contributed by atoms with Crippen molar-refractivity contribution < 1.29 is 9.53 Å². The fourth-order valence-corrected chi connectivity index (χ4v) is 3.59. The maximum Gasteiger partial charge on any atom is 0.238 e. The van der Waals surface area contributed by atoms with Crippen LogP contribution >= 0.6 is 0 Å². The van der Waals surface area contributed by atoms with E-state index in [2.05, 4.69) is 40.5 Å². The van der Waals surface area contributed by atoms with Gasteiger partial charge in [0, 0.05) is 0 Å². The van der Waals surface area contributed by atoms with Crippen molar-refractivity contribution in [3.63, 3.8) is 0 Å². The Morgan fingerprint density at radius 3 is 2.50 bits per heavy atom. The highest BCUT2D eigenvalue weighted by Crippen LogP contribution is 2.24. The third-order valence-corrected chi connectivity index (χ3v) is 5.14. The lowest BCUT2D eigenvalue weighted by Crippen LogP contribution is -2.39. The van der Waals surface area contributed by atoms with Gasteiger partial charge in [0.2, 0.25) is 5.91 Å². The van der Waals surface area contributed by atoms with Crippen molar-refractivity contribution in [1.29, 1.82) is 0 Å². The summed E-state index contributed by atoms with van der Waals surface area (Å²) in [6.45, 7) is 2.45. The Bertz CT molecular complexity index is 694. The highest BCUT2D eigenvalue weighted by molar-refractivity contribution is 5.93. The lowest BCUT2D eigenvalue weighted by Gasteiger charge is -2.31. The molecule has 0 atom stereocenters. The van der Waals surface area contributed by atoms with Gasteiger partial charge in [0.05, 0.1) is 19.3 Å². The van der Waals surface area contributed by atoms with Gasteiger partial charge in [-0.15, -0.1) is 0 Å². The standard InChI is InChI=1S/C22H28N2O2/c1-26-21-10-6-5-9-20(21)23-22(25)17-24-15-13-19(14-16-24)12-11-18-7-3-2-4-8-18/h2-10,19H,11-17H2,1H3,(H,23,25). The first kappa shape index (κ1) is 18.5. The van der Waals surface area contributed by atoms with Gasteiger partial charge in [-0.2, -0.15) is 0 Å². The zero-order chi connectivity index (χ0) is 18.2. The molecule has 1 N–H and O–H groups in total. The number of nitrogens with one attached hydrogen (secondary N) is 1. The zero-order valence-corrected chi connectivity index (χ0v) is 15.5. The van der Waals surface area contributed by atoms with Gasteiger partial charge in [-0.1, -0.05) is 42.5 Å². The molecule has 3 rings (SSSR count). The van der Waals surface area contributed by atoms with Gasteiger partial charge in [0.15, 0.2) is 0 Å². The number of piperidine rings is 1. The number of ether oxygens (including phenoxy) is 1. The van der Waals surface area contributed by atoms with Crippen LogP contribution in [0.25, 0.3) is 0 Å². The summed E-state index contributed by atoms with van der Waals surface area (Å²) in [6.07, 6.45) is 4.74. The normalized spacial score (nSPS) is 15.6. The molecule has 0 unspecified atom stereocenters. The molecular weight excluding hydrogens is 324 g/mol. The molecule has 1 heterocycles. The van der Waals surface area contributed by atoms with E-state index in [9.17, 15) is 4.79 Å². The van der Waals surface area contributed by atoms with E-state index in [0.717, 1.165) is 31.1 Å². The molecular formula is C22H28N2O2. The van der Waals surface area contributed by atoms with Crippen LogP contribution in [0, 0.1) is 5.92 Å². The van der Waals surface area contributed by atoms with Crippen LogP contribution in [0.1, 0.15) is 24.8 Å². The minimum Gasteiger partial charge on any atom is -0.495 e. The van der Waals surface area contributed by atoms with Crippen LogP contribution in [0.2, 0.25) is 0 Å². The van der Waals surface area contributed by atoms with E-state index < -0.39 is 0 Å². The Morgan fingerprint density at radius 1 is 1.08 bits per heavy atom. The van der Waals surface area contributed by atoms with Crippen molar-refractivity contribution in [3.8, 4) is 5.75 Å². The number of hydrogen-bond acceptors (Lipinski definition) is 3. The van der Waals surface area contributed by atoms with E-state index in [1.807, 2.05) is 24.3 Å². The van der Waals surface area contributed by atoms with Gasteiger partial charge in [-0.3, -0.25) is 9.69 Å². The maximum atomic E-state index is 12.3. The summed E-state index contributed by atoms with van der Waals surface area (Å²) >= 11 is 0. The molecule has 1 aliphatic rings. The molecule has 0 bridgehead atoms. The van der Waals surface area contributed by atoms with Crippen LogP contribution in [0.4, 0.5) is 5.69 Å². The van der Waals surface area contributed by atoms with Gasteiger partial charge in [-0.25, -0.2) is 0 Å². The molecule has 1 aliphatic heterocycles. The van der Waals surface area contributed by atoms with Crippen LogP contribution < -0.4 is 10.1 Å². The van der Waals surface area contributed by atoms with Crippen molar-refractivity contribution in [3.05, 3.63) is 60.2 Å². The largest absolute Gasteiger partial charge is 0.495 e. The number of amides is 1. The second kappa shape index (κ2) is 9.39. The number of likely N-dealkylation sites (tertiary alicyclic amines) is 1. The Balaban J connectivity index is 1.40. The number of anilines is 1. The summed E-state index contributed by atoms with van der Waals surface area (Å²) in [7, 11) is 1.62. The molecule has 0 aliphatic carbocycles. The summed E-state index contributed by atoms with van der Waals surface area (Å²) in [4.78, 5) is 14.6. The first-order valence-electron chi connectivity index (χ1n) is 9.44. The molecule has 1 amide bonds. The van der Waals surface area contributed by atoms with E-state index in [4.69, 9.17) is 4.74 Å².